The summed E-state index contributed by atoms with van der Waals surface area (Å²) in [6, 6.07) is 13.9. The van der Waals surface area contributed by atoms with E-state index in [1.807, 2.05) is 61.5 Å². The van der Waals surface area contributed by atoms with Crippen molar-refractivity contribution < 1.29 is 5.11 Å². The standard InChI is InChI=1S/C21H24N6O/c1-15-13-20(26-25-15)23-19-14-21(27-11-9-17(28)10-12-27)24-18(22-19)8-7-16-5-3-2-4-6-16/h2-8,13-14,17,28H,9-12H2,1H3,(H2,22,23,24,25,26)/b8-7+. The summed E-state index contributed by atoms with van der Waals surface area (Å²) in [5, 5.41) is 20.2. The molecule has 0 spiro atoms. The first-order valence-corrected chi connectivity index (χ1v) is 9.50. The van der Waals surface area contributed by atoms with Crippen molar-refractivity contribution in [3.05, 3.63) is 59.5 Å². The fourth-order valence-electron chi connectivity index (χ4n) is 3.20. The van der Waals surface area contributed by atoms with Gasteiger partial charge in [0.2, 0.25) is 0 Å². The van der Waals surface area contributed by atoms with E-state index in [4.69, 9.17) is 4.98 Å². The number of benzene rings is 1. The van der Waals surface area contributed by atoms with E-state index in [9.17, 15) is 5.11 Å². The van der Waals surface area contributed by atoms with Gasteiger partial charge in [-0.1, -0.05) is 36.4 Å². The summed E-state index contributed by atoms with van der Waals surface area (Å²) >= 11 is 0. The molecule has 3 aromatic rings. The van der Waals surface area contributed by atoms with E-state index in [2.05, 4.69) is 25.4 Å². The van der Waals surface area contributed by atoms with Crippen LogP contribution in [0.15, 0.2) is 42.5 Å². The Hall–Kier alpha value is -3.19. The molecule has 0 saturated carbocycles. The van der Waals surface area contributed by atoms with Crippen LogP contribution in [0, 0.1) is 6.92 Å². The lowest BCUT2D eigenvalue weighted by Gasteiger charge is -2.30. The van der Waals surface area contributed by atoms with Gasteiger partial charge in [-0.15, -0.1) is 0 Å². The lowest BCUT2D eigenvalue weighted by molar-refractivity contribution is 0.145. The fourth-order valence-corrected chi connectivity index (χ4v) is 3.20. The molecule has 0 radical (unpaired) electrons. The summed E-state index contributed by atoms with van der Waals surface area (Å²) in [6.45, 7) is 3.51. The lowest BCUT2D eigenvalue weighted by atomic mass is 10.1. The van der Waals surface area contributed by atoms with Gasteiger partial charge in [-0.3, -0.25) is 5.10 Å². The van der Waals surface area contributed by atoms with Crippen LogP contribution in [0.4, 0.5) is 17.5 Å². The molecule has 3 heterocycles. The van der Waals surface area contributed by atoms with E-state index in [0.717, 1.165) is 43.0 Å². The third-order valence-electron chi connectivity index (χ3n) is 4.70. The highest BCUT2D eigenvalue weighted by atomic mass is 16.3. The Labute approximate surface area is 164 Å². The van der Waals surface area contributed by atoms with Crippen LogP contribution < -0.4 is 10.2 Å². The molecule has 4 rings (SSSR count). The Kier molecular flexibility index (Phi) is 5.34. The first kappa shape index (κ1) is 18.2. The van der Waals surface area contributed by atoms with E-state index in [-0.39, 0.29) is 6.10 Å². The van der Waals surface area contributed by atoms with E-state index >= 15 is 0 Å². The Morgan fingerprint density at radius 2 is 1.86 bits per heavy atom. The van der Waals surface area contributed by atoms with Crippen molar-refractivity contribution >= 4 is 29.6 Å². The minimum absolute atomic E-state index is 0.222. The molecule has 1 aliphatic rings. The number of H-pyrrole nitrogens is 1. The third-order valence-corrected chi connectivity index (χ3v) is 4.70. The number of rotatable bonds is 5. The minimum Gasteiger partial charge on any atom is -0.393 e. The molecule has 0 aliphatic carbocycles. The lowest BCUT2D eigenvalue weighted by Crippen LogP contribution is -2.36. The number of aromatic nitrogens is 4. The van der Waals surface area contributed by atoms with Crippen molar-refractivity contribution in [2.45, 2.75) is 25.9 Å². The molecule has 1 aromatic carbocycles. The summed E-state index contributed by atoms with van der Waals surface area (Å²) in [5.41, 5.74) is 2.07. The number of aromatic amines is 1. The number of piperidine rings is 1. The zero-order valence-corrected chi connectivity index (χ0v) is 15.8. The second-order valence-corrected chi connectivity index (χ2v) is 6.99. The molecule has 0 amide bonds. The Morgan fingerprint density at radius 3 is 2.57 bits per heavy atom. The average molecular weight is 376 g/mol. The number of anilines is 3. The Morgan fingerprint density at radius 1 is 1.07 bits per heavy atom. The second kappa shape index (κ2) is 8.22. The second-order valence-electron chi connectivity index (χ2n) is 6.99. The van der Waals surface area contributed by atoms with Gasteiger partial charge in [-0.2, -0.15) is 5.10 Å². The van der Waals surface area contributed by atoms with Crippen LogP contribution in [0.3, 0.4) is 0 Å². The number of hydrogen-bond donors (Lipinski definition) is 3. The van der Waals surface area contributed by atoms with Crippen molar-refractivity contribution in [1.29, 1.82) is 0 Å². The summed E-state index contributed by atoms with van der Waals surface area (Å²) in [6.07, 6.45) is 5.20. The van der Waals surface area contributed by atoms with Gasteiger partial charge in [0, 0.05) is 30.9 Å². The molecule has 0 unspecified atom stereocenters. The molecule has 7 heteroatoms. The number of nitrogens with zero attached hydrogens (tertiary/aromatic N) is 4. The normalized spacial score (nSPS) is 15.3. The molecular formula is C21H24N6O. The molecule has 0 bridgehead atoms. The average Bonchev–Trinajstić information content (AvgIpc) is 3.12. The van der Waals surface area contributed by atoms with Crippen LogP contribution in [-0.2, 0) is 0 Å². The van der Waals surface area contributed by atoms with Gasteiger partial charge >= 0.3 is 0 Å². The SMILES string of the molecule is Cc1cc(Nc2cc(N3CCC(O)CC3)nc(/C=C/c3ccccc3)n2)n[nH]1. The predicted molar refractivity (Wildman–Crippen MR) is 111 cm³/mol. The molecule has 144 valence electrons. The number of aryl methyl sites for hydroxylation is 1. The number of aliphatic hydroxyl groups excluding tert-OH is 1. The maximum atomic E-state index is 9.80. The zero-order valence-electron chi connectivity index (χ0n) is 15.8. The molecular weight excluding hydrogens is 352 g/mol. The summed E-state index contributed by atoms with van der Waals surface area (Å²) in [7, 11) is 0. The van der Waals surface area contributed by atoms with Gasteiger partial charge in [0.05, 0.1) is 6.10 Å². The highest BCUT2D eigenvalue weighted by molar-refractivity contribution is 5.69. The highest BCUT2D eigenvalue weighted by Crippen LogP contribution is 2.23. The molecule has 1 fully saturated rings. The quantitative estimate of drug-likeness (QED) is 0.632. The van der Waals surface area contributed by atoms with Crippen molar-refractivity contribution in [2.24, 2.45) is 0 Å². The highest BCUT2D eigenvalue weighted by Gasteiger charge is 2.19. The molecule has 7 nitrogen and oxygen atoms in total. The van der Waals surface area contributed by atoms with Gasteiger partial charge in [-0.25, -0.2) is 9.97 Å². The van der Waals surface area contributed by atoms with Crippen LogP contribution in [0.2, 0.25) is 0 Å². The van der Waals surface area contributed by atoms with E-state index in [0.29, 0.717) is 17.5 Å². The van der Waals surface area contributed by atoms with Crippen LogP contribution >= 0.6 is 0 Å². The van der Waals surface area contributed by atoms with Gasteiger partial charge in [0.15, 0.2) is 11.6 Å². The van der Waals surface area contributed by atoms with E-state index in [1.54, 1.807) is 0 Å². The minimum atomic E-state index is -0.222. The van der Waals surface area contributed by atoms with Crippen LogP contribution in [0.25, 0.3) is 12.2 Å². The topological polar surface area (TPSA) is 90.0 Å². The zero-order chi connectivity index (χ0) is 19.3. The molecule has 1 aliphatic heterocycles. The smallest absolute Gasteiger partial charge is 0.156 e. The van der Waals surface area contributed by atoms with E-state index < -0.39 is 0 Å². The molecule has 28 heavy (non-hydrogen) atoms. The monoisotopic (exact) mass is 376 g/mol. The number of hydrogen-bond acceptors (Lipinski definition) is 6. The van der Waals surface area contributed by atoms with Crippen molar-refractivity contribution in [3.63, 3.8) is 0 Å². The van der Waals surface area contributed by atoms with Crippen molar-refractivity contribution in [3.8, 4) is 0 Å². The maximum absolute atomic E-state index is 9.80. The van der Waals surface area contributed by atoms with E-state index in [1.165, 1.54) is 0 Å². The summed E-state index contributed by atoms with van der Waals surface area (Å²) in [5.74, 6) is 2.89. The molecule has 0 atom stereocenters. The summed E-state index contributed by atoms with van der Waals surface area (Å²) < 4.78 is 0. The first-order valence-electron chi connectivity index (χ1n) is 9.50. The van der Waals surface area contributed by atoms with Gasteiger partial charge in [0.1, 0.15) is 11.6 Å². The van der Waals surface area contributed by atoms with Crippen molar-refractivity contribution in [2.75, 3.05) is 23.3 Å². The van der Waals surface area contributed by atoms with Crippen LogP contribution in [-0.4, -0.2) is 44.5 Å². The van der Waals surface area contributed by atoms with Gasteiger partial charge in [-0.05, 0) is 31.4 Å². The first-order chi connectivity index (χ1) is 13.7. The van der Waals surface area contributed by atoms with Gasteiger partial charge < -0.3 is 15.3 Å². The maximum Gasteiger partial charge on any atom is 0.156 e. The molecule has 1 saturated heterocycles. The van der Waals surface area contributed by atoms with Crippen LogP contribution in [0.5, 0.6) is 0 Å². The van der Waals surface area contributed by atoms with Crippen LogP contribution in [0.1, 0.15) is 29.9 Å². The molecule has 2 aromatic heterocycles. The molecule has 3 N–H and O–H groups in total. The van der Waals surface area contributed by atoms with Crippen molar-refractivity contribution in [1.82, 2.24) is 20.2 Å². The number of aliphatic hydroxyl groups is 1. The Bertz CT molecular complexity index is 945. The predicted octanol–water partition coefficient (Wildman–Crippen LogP) is 3.38. The summed E-state index contributed by atoms with van der Waals surface area (Å²) in [4.78, 5) is 11.5. The van der Waals surface area contributed by atoms with Gasteiger partial charge in [0.25, 0.3) is 0 Å². The fraction of sp³-hybridized carbons (Fsp3) is 0.286. The Balaban J connectivity index is 1.62. The number of nitrogens with one attached hydrogen (secondary N) is 2. The third kappa shape index (κ3) is 4.55. The largest absolute Gasteiger partial charge is 0.393 e.